The molecule has 5 rings (SSSR count). The lowest BCUT2D eigenvalue weighted by molar-refractivity contribution is -0.142. The summed E-state index contributed by atoms with van der Waals surface area (Å²) in [5.41, 5.74) is 1.67. The number of likely N-dealkylation sites (tertiary alicyclic amines) is 1. The molecule has 10 nitrogen and oxygen atoms in total. The lowest BCUT2D eigenvalue weighted by Crippen LogP contribution is -2.39. The monoisotopic (exact) mass is 565 g/mol. The third-order valence-corrected chi connectivity index (χ3v) is 7.49. The number of imidazole rings is 1. The Morgan fingerprint density at radius 3 is 2.54 bits per heavy atom. The van der Waals surface area contributed by atoms with E-state index in [2.05, 4.69) is 25.3 Å². The van der Waals surface area contributed by atoms with E-state index in [1.807, 2.05) is 23.3 Å². The van der Waals surface area contributed by atoms with Gasteiger partial charge in [0.25, 0.3) is 0 Å². The van der Waals surface area contributed by atoms with Crippen LogP contribution in [0, 0.1) is 24.5 Å². The predicted molar refractivity (Wildman–Crippen MR) is 149 cm³/mol. The van der Waals surface area contributed by atoms with Crippen LogP contribution in [0.25, 0.3) is 22.3 Å². The number of pyridine rings is 1. The number of ether oxygens (including phenoxy) is 1. The standard InChI is InChI=1S/C29H33F2N7O3/c1-16(2)38-17(3)34-27-21(30)11-20(12-23(27)38)26-22(31)14-33-29(36-26)35-24-6-5-19(13-32-24)28(40)18-7-9-37(10-8-18)15-25(39)41-4/h5-6,11-14,16,18,28,40H,7-10,15H2,1-4H3,(H,32,33,35,36)/t28-/m1/s1. The smallest absolute Gasteiger partial charge is 0.319 e. The van der Waals surface area contributed by atoms with Crippen LogP contribution in [0.5, 0.6) is 0 Å². The normalized spacial score (nSPS) is 15.4. The number of aliphatic hydroxyl groups excluding tert-OH is 1. The van der Waals surface area contributed by atoms with Gasteiger partial charge in [-0.2, -0.15) is 0 Å². The van der Waals surface area contributed by atoms with E-state index in [-0.39, 0.29) is 47.2 Å². The van der Waals surface area contributed by atoms with Crippen molar-refractivity contribution in [1.82, 2.24) is 29.4 Å². The number of hydrogen-bond donors (Lipinski definition) is 2. The highest BCUT2D eigenvalue weighted by molar-refractivity contribution is 5.83. The van der Waals surface area contributed by atoms with E-state index < -0.39 is 17.7 Å². The largest absolute Gasteiger partial charge is 0.468 e. The molecule has 0 bridgehead atoms. The molecule has 1 aromatic carbocycles. The number of fused-ring (bicyclic) bond motifs is 1. The van der Waals surface area contributed by atoms with Crippen molar-refractivity contribution >= 4 is 28.8 Å². The zero-order valence-corrected chi connectivity index (χ0v) is 23.4. The third kappa shape index (κ3) is 6.03. The maximum absolute atomic E-state index is 15.0. The quantitative estimate of drug-likeness (QED) is 0.293. The van der Waals surface area contributed by atoms with Gasteiger partial charge in [0.15, 0.2) is 11.6 Å². The van der Waals surface area contributed by atoms with Gasteiger partial charge >= 0.3 is 5.97 Å². The summed E-state index contributed by atoms with van der Waals surface area (Å²) in [6, 6.07) is 6.40. The van der Waals surface area contributed by atoms with Crippen molar-refractivity contribution in [2.24, 2.45) is 5.92 Å². The highest BCUT2D eigenvalue weighted by Crippen LogP contribution is 2.32. The van der Waals surface area contributed by atoms with Gasteiger partial charge in [0, 0.05) is 17.8 Å². The molecular weight excluding hydrogens is 532 g/mol. The Morgan fingerprint density at radius 2 is 1.88 bits per heavy atom. The number of esters is 1. The van der Waals surface area contributed by atoms with Crippen molar-refractivity contribution in [3.05, 3.63) is 59.7 Å². The molecule has 0 amide bonds. The molecule has 0 saturated carbocycles. The summed E-state index contributed by atoms with van der Waals surface area (Å²) in [6.07, 6.45) is 3.40. The number of aryl methyl sites for hydroxylation is 1. The fourth-order valence-electron chi connectivity index (χ4n) is 5.40. The van der Waals surface area contributed by atoms with Crippen LogP contribution in [0.2, 0.25) is 0 Å². The third-order valence-electron chi connectivity index (χ3n) is 7.49. The van der Waals surface area contributed by atoms with Gasteiger partial charge in [-0.3, -0.25) is 9.69 Å². The summed E-state index contributed by atoms with van der Waals surface area (Å²) in [5, 5.41) is 13.9. The van der Waals surface area contributed by atoms with Gasteiger partial charge in [-0.1, -0.05) is 6.07 Å². The van der Waals surface area contributed by atoms with Crippen LogP contribution >= 0.6 is 0 Å². The number of hydrogen-bond acceptors (Lipinski definition) is 9. The van der Waals surface area contributed by atoms with Crippen molar-refractivity contribution in [3.63, 3.8) is 0 Å². The Labute approximate surface area is 236 Å². The number of aliphatic hydroxyl groups is 1. The molecule has 0 spiro atoms. The van der Waals surface area contributed by atoms with Gasteiger partial charge < -0.3 is 19.7 Å². The van der Waals surface area contributed by atoms with Crippen molar-refractivity contribution in [3.8, 4) is 11.3 Å². The number of piperidine rings is 1. The van der Waals surface area contributed by atoms with E-state index in [0.717, 1.165) is 19.0 Å². The van der Waals surface area contributed by atoms with E-state index in [4.69, 9.17) is 4.74 Å². The first-order valence-electron chi connectivity index (χ1n) is 13.6. The predicted octanol–water partition coefficient (Wildman–Crippen LogP) is 4.72. The molecule has 1 fully saturated rings. The molecule has 0 unspecified atom stereocenters. The number of carbonyl (C=O) groups excluding carboxylic acids is 1. The minimum atomic E-state index is -0.696. The average molecular weight is 566 g/mol. The maximum Gasteiger partial charge on any atom is 0.319 e. The van der Waals surface area contributed by atoms with Crippen LogP contribution in [0.1, 0.15) is 50.2 Å². The van der Waals surface area contributed by atoms with Gasteiger partial charge in [-0.05, 0) is 76.4 Å². The summed E-state index contributed by atoms with van der Waals surface area (Å²) in [4.78, 5) is 30.6. The summed E-state index contributed by atoms with van der Waals surface area (Å²) < 4.78 is 36.5. The zero-order valence-electron chi connectivity index (χ0n) is 23.4. The Bertz CT molecular complexity index is 1550. The molecule has 41 heavy (non-hydrogen) atoms. The zero-order chi connectivity index (χ0) is 29.3. The van der Waals surface area contributed by atoms with E-state index in [9.17, 15) is 18.7 Å². The number of carbonyl (C=O) groups is 1. The van der Waals surface area contributed by atoms with Crippen molar-refractivity contribution in [2.45, 2.75) is 45.8 Å². The van der Waals surface area contributed by atoms with Crippen molar-refractivity contribution in [2.75, 3.05) is 32.1 Å². The number of anilines is 2. The molecule has 1 saturated heterocycles. The summed E-state index contributed by atoms with van der Waals surface area (Å²) in [5.74, 6) is -0.310. The van der Waals surface area contributed by atoms with Crippen LogP contribution < -0.4 is 5.32 Å². The number of nitrogens with zero attached hydrogens (tertiary/aromatic N) is 6. The second-order valence-corrected chi connectivity index (χ2v) is 10.6. The Balaban J connectivity index is 1.30. The van der Waals surface area contributed by atoms with Crippen molar-refractivity contribution in [1.29, 1.82) is 0 Å². The SMILES string of the molecule is COC(=O)CN1CCC([C@@H](O)c2ccc(Nc3ncc(F)c(-c4cc(F)c5nc(C)n(C(C)C)c5c4)n3)nc2)CC1. The van der Waals surface area contributed by atoms with E-state index in [1.54, 1.807) is 31.3 Å². The topological polar surface area (TPSA) is 118 Å². The molecule has 1 aliphatic heterocycles. The molecular formula is C29H33F2N7O3. The molecule has 2 N–H and O–H groups in total. The second-order valence-electron chi connectivity index (χ2n) is 10.6. The first-order chi connectivity index (χ1) is 19.6. The minimum absolute atomic E-state index is 0.0362. The molecule has 4 aromatic rings. The highest BCUT2D eigenvalue weighted by Gasteiger charge is 2.27. The van der Waals surface area contributed by atoms with Gasteiger partial charge in [0.1, 0.15) is 22.9 Å². The number of benzene rings is 1. The van der Waals surface area contributed by atoms with E-state index in [1.165, 1.54) is 13.2 Å². The molecule has 1 atom stereocenters. The van der Waals surface area contributed by atoms with Crippen molar-refractivity contribution < 1.29 is 23.4 Å². The number of halogens is 2. The molecule has 1 aliphatic rings. The number of aromatic nitrogens is 5. The number of methoxy groups -OCH3 is 1. The van der Waals surface area contributed by atoms with Crippen LogP contribution in [0.3, 0.4) is 0 Å². The first-order valence-corrected chi connectivity index (χ1v) is 13.6. The summed E-state index contributed by atoms with van der Waals surface area (Å²) in [7, 11) is 1.37. The number of rotatable bonds is 8. The van der Waals surface area contributed by atoms with E-state index >= 15 is 0 Å². The Kier molecular flexibility index (Phi) is 8.22. The molecule has 216 valence electrons. The Hall–Kier alpha value is -4.03. The number of nitrogens with one attached hydrogen (secondary N) is 1. The van der Waals surface area contributed by atoms with Gasteiger partial charge in [0.05, 0.1) is 31.5 Å². The fourth-order valence-corrected chi connectivity index (χ4v) is 5.40. The second kappa shape index (κ2) is 11.8. The van der Waals surface area contributed by atoms with Crippen LogP contribution in [0.15, 0.2) is 36.7 Å². The summed E-state index contributed by atoms with van der Waals surface area (Å²) in [6.45, 7) is 7.40. The van der Waals surface area contributed by atoms with Crippen LogP contribution in [-0.4, -0.2) is 67.2 Å². The molecule has 3 aromatic heterocycles. The van der Waals surface area contributed by atoms with Gasteiger partial charge in [0.2, 0.25) is 5.95 Å². The molecule has 4 heterocycles. The highest BCUT2D eigenvalue weighted by atomic mass is 19.1. The van der Waals surface area contributed by atoms with E-state index in [0.29, 0.717) is 35.8 Å². The Morgan fingerprint density at radius 1 is 1.12 bits per heavy atom. The minimum Gasteiger partial charge on any atom is -0.468 e. The fraction of sp³-hybridized carbons (Fsp3) is 0.414. The molecule has 12 heteroatoms. The molecule has 0 radical (unpaired) electrons. The van der Waals surface area contributed by atoms with Gasteiger partial charge in [-0.25, -0.2) is 28.7 Å². The van der Waals surface area contributed by atoms with Gasteiger partial charge in [-0.15, -0.1) is 0 Å². The lowest BCUT2D eigenvalue weighted by atomic mass is 9.88. The molecule has 0 aliphatic carbocycles. The lowest BCUT2D eigenvalue weighted by Gasteiger charge is -2.33. The first kappa shape index (κ1) is 28.5. The maximum atomic E-state index is 15.0. The average Bonchev–Trinajstić information content (AvgIpc) is 3.31. The van der Waals surface area contributed by atoms with Crippen LogP contribution in [-0.2, 0) is 9.53 Å². The van der Waals surface area contributed by atoms with Crippen LogP contribution in [0.4, 0.5) is 20.5 Å². The summed E-state index contributed by atoms with van der Waals surface area (Å²) >= 11 is 0.